The second-order valence-corrected chi connectivity index (χ2v) is 1.57. The van der Waals surface area contributed by atoms with E-state index in [1.54, 1.807) is 0 Å². The molecule has 0 N–H and O–H groups in total. The van der Waals surface area contributed by atoms with Gasteiger partial charge in [-0.1, -0.05) is 0 Å². The largest absolute Gasteiger partial charge is 2.00 e. The van der Waals surface area contributed by atoms with Crippen LogP contribution in [0.2, 0.25) is 0 Å². The van der Waals surface area contributed by atoms with Gasteiger partial charge in [0.1, 0.15) is 0 Å². The molecule has 0 saturated carbocycles. The van der Waals surface area contributed by atoms with E-state index in [0.29, 0.717) is 0 Å². The van der Waals surface area contributed by atoms with Gasteiger partial charge < -0.3 is 17.1 Å². The first-order valence-corrected chi connectivity index (χ1v) is 2.74. The van der Waals surface area contributed by atoms with E-state index in [9.17, 15) is 0 Å². The van der Waals surface area contributed by atoms with Gasteiger partial charge in [-0.15, -0.1) is 4.57 Å². The Bertz CT molecular complexity index is 32.6. The maximum atomic E-state index is 8.85. The third-order valence-corrected chi connectivity index (χ3v) is 0. The van der Waals surface area contributed by atoms with E-state index in [0.717, 1.165) is 0 Å². The Morgan fingerprint density at radius 2 is 1.80 bits per heavy atom. The molecular formula is MgO2PS+. The molecule has 0 rings (SSSR count). The van der Waals surface area contributed by atoms with Crippen LogP contribution in [0.15, 0.2) is 0 Å². The van der Waals surface area contributed by atoms with Gasteiger partial charge in [0.15, 0.2) is 7.23 Å². The maximum absolute atomic E-state index is 8.85. The van der Waals surface area contributed by atoms with Gasteiger partial charge in [0.05, 0.1) is 0 Å². The first kappa shape index (κ1) is 9.49. The van der Waals surface area contributed by atoms with Crippen LogP contribution >= 0.6 is 7.23 Å². The quantitative estimate of drug-likeness (QED) is 0.237. The van der Waals surface area contributed by atoms with E-state index in [1.165, 1.54) is 0 Å². The molecule has 1 atom stereocenters. The first-order valence-electron chi connectivity index (χ1n) is 0.548. The van der Waals surface area contributed by atoms with Crippen molar-refractivity contribution in [1.29, 1.82) is 0 Å². The Morgan fingerprint density at radius 3 is 1.80 bits per heavy atom. The Morgan fingerprint density at radius 1 is 1.80 bits per heavy atom. The molecule has 0 fully saturated rings. The van der Waals surface area contributed by atoms with Gasteiger partial charge in [-0.2, -0.15) is 0 Å². The van der Waals surface area contributed by atoms with Crippen LogP contribution in [-0.2, 0) is 16.8 Å². The van der Waals surface area contributed by atoms with E-state index in [4.69, 9.17) is 9.46 Å². The summed E-state index contributed by atoms with van der Waals surface area (Å²) < 4.78 is 8.85. The molecule has 0 bridgehead atoms. The molecule has 1 unspecified atom stereocenters. The molecule has 0 heterocycles. The maximum Gasteiger partial charge on any atom is 2.00 e. The normalized spacial score (nSPS) is 8.80. The average Bonchev–Trinajstić information content (AvgIpc) is 0.811. The summed E-state index contributed by atoms with van der Waals surface area (Å²) in [4.78, 5) is 8.85. The first-order chi connectivity index (χ1) is 1.73. The molecule has 0 radical (unpaired) electrons. The number of hydrogen-bond acceptors (Lipinski definition) is 3. The van der Waals surface area contributed by atoms with Crippen LogP contribution in [0.1, 0.15) is 0 Å². The average molecular weight is 119 g/mol. The second-order valence-electron chi connectivity index (χ2n) is 0.224. The molecular weight excluding hydrogens is 119 g/mol. The van der Waals surface area contributed by atoms with Gasteiger partial charge in [0.2, 0.25) is 0 Å². The Hall–Kier alpha value is 1.18. The van der Waals surface area contributed by atoms with Gasteiger partial charge in [-0.3, -0.25) is 0 Å². The molecule has 5 heavy (non-hydrogen) atoms. The van der Waals surface area contributed by atoms with Crippen LogP contribution in [0.5, 0.6) is 0 Å². The Balaban J connectivity index is 0. The second kappa shape index (κ2) is 5.18. The zero-order chi connectivity index (χ0) is 3.58. The van der Waals surface area contributed by atoms with Crippen molar-refractivity contribution in [3.63, 3.8) is 0 Å². The van der Waals surface area contributed by atoms with E-state index in [-0.39, 0.29) is 23.1 Å². The van der Waals surface area contributed by atoms with Crippen LogP contribution in [0.4, 0.5) is 0 Å². The fraction of sp³-hybridized carbons (Fsp3) is 0. The van der Waals surface area contributed by atoms with Crippen molar-refractivity contribution in [2.24, 2.45) is 0 Å². The summed E-state index contributed by atoms with van der Waals surface area (Å²) in [6.45, 7) is 0. The van der Waals surface area contributed by atoms with Gasteiger partial charge in [-0.05, 0) is 0 Å². The standard InChI is InChI=1S/Mg.HO2PS/c;1-3(2)4/h;(H,1,2,4)/q+2;/p-1. The van der Waals surface area contributed by atoms with Crippen molar-refractivity contribution in [1.82, 2.24) is 0 Å². The third-order valence-electron chi connectivity index (χ3n) is 0. The predicted molar refractivity (Wildman–Crippen MR) is 20.7 cm³/mol. The monoisotopic (exact) mass is 119 g/mol. The fourth-order valence-electron chi connectivity index (χ4n) is 0. The van der Waals surface area contributed by atoms with Gasteiger partial charge in [0.25, 0.3) is 0 Å². The summed E-state index contributed by atoms with van der Waals surface area (Å²) in [6.07, 6.45) is 0. The molecule has 5 heteroatoms. The van der Waals surface area contributed by atoms with Crippen molar-refractivity contribution in [3.8, 4) is 0 Å². The van der Waals surface area contributed by atoms with Crippen LogP contribution in [0.25, 0.3) is 0 Å². The minimum atomic E-state index is -2.54. The third kappa shape index (κ3) is 37.7. The summed E-state index contributed by atoms with van der Waals surface area (Å²) in [6, 6.07) is 0. The van der Waals surface area contributed by atoms with Crippen LogP contribution in [-0.4, -0.2) is 23.1 Å². The van der Waals surface area contributed by atoms with Crippen molar-refractivity contribution in [2.45, 2.75) is 0 Å². The van der Waals surface area contributed by atoms with Gasteiger partial charge >= 0.3 is 23.1 Å². The number of rotatable bonds is 0. The zero-order valence-electron chi connectivity index (χ0n) is 2.38. The predicted octanol–water partition coefficient (Wildman–Crippen LogP) is -0.830. The molecule has 0 aliphatic rings. The van der Waals surface area contributed by atoms with Crippen molar-refractivity contribution in [2.75, 3.05) is 0 Å². The summed E-state index contributed by atoms with van der Waals surface area (Å²) in [5, 5.41) is 0. The smallest absolute Gasteiger partial charge is 0.614 e. The molecule has 0 aromatic rings. The SMILES string of the molecule is O=[P+]([O-])[S-].[Mg+2]. The minimum Gasteiger partial charge on any atom is -0.614 e. The van der Waals surface area contributed by atoms with Crippen LogP contribution in [0, 0.1) is 0 Å². The fourth-order valence-corrected chi connectivity index (χ4v) is 0. The molecule has 0 aromatic heterocycles. The molecule has 24 valence electrons. The molecule has 0 saturated heterocycles. The van der Waals surface area contributed by atoms with Crippen LogP contribution < -0.4 is 4.89 Å². The van der Waals surface area contributed by atoms with E-state index in [2.05, 4.69) is 12.2 Å². The van der Waals surface area contributed by atoms with Gasteiger partial charge in [0, 0.05) is 0 Å². The molecule has 0 aliphatic carbocycles. The number of hydrogen-bond donors (Lipinski definition) is 0. The van der Waals surface area contributed by atoms with Crippen molar-refractivity contribution in [3.05, 3.63) is 0 Å². The van der Waals surface area contributed by atoms with Crippen molar-refractivity contribution < 1.29 is 9.46 Å². The molecule has 0 amide bonds. The van der Waals surface area contributed by atoms with Crippen LogP contribution in [0.3, 0.4) is 0 Å². The van der Waals surface area contributed by atoms with E-state index < -0.39 is 7.23 Å². The topological polar surface area (TPSA) is 40.1 Å². The minimum absolute atomic E-state index is 0. The molecule has 0 aliphatic heterocycles. The van der Waals surface area contributed by atoms with E-state index >= 15 is 0 Å². The summed E-state index contributed by atoms with van der Waals surface area (Å²) in [5.41, 5.74) is 0. The summed E-state index contributed by atoms with van der Waals surface area (Å²) >= 11 is 3.57. The zero-order valence-corrected chi connectivity index (χ0v) is 5.50. The van der Waals surface area contributed by atoms with E-state index in [1.807, 2.05) is 0 Å². The molecule has 2 nitrogen and oxygen atoms in total. The molecule has 0 aromatic carbocycles. The summed E-state index contributed by atoms with van der Waals surface area (Å²) in [5.74, 6) is 0. The van der Waals surface area contributed by atoms with Crippen molar-refractivity contribution >= 4 is 42.5 Å². The Labute approximate surface area is 52.1 Å². The molecule has 0 spiro atoms. The van der Waals surface area contributed by atoms with Gasteiger partial charge in [-0.25, -0.2) is 0 Å². The Kier molecular flexibility index (Phi) is 9.82. The summed E-state index contributed by atoms with van der Waals surface area (Å²) in [7, 11) is -2.54.